The fourth-order valence-corrected chi connectivity index (χ4v) is 3.41. The molecule has 0 bridgehead atoms. The molecule has 1 amide bonds. The first-order chi connectivity index (χ1) is 18.0. The van der Waals surface area contributed by atoms with Crippen molar-refractivity contribution in [1.29, 1.82) is 5.41 Å². The van der Waals surface area contributed by atoms with Crippen LogP contribution in [0.5, 0.6) is 5.75 Å². The first-order valence-electron chi connectivity index (χ1n) is 12.4. The van der Waals surface area contributed by atoms with E-state index >= 15 is 0 Å². The molecule has 0 aromatic heterocycles. The van der Waals surface area contributed by atoms with Crippen molar-refractivity contribution in [2.24, 2.45) is 16.6 Å². The molecule has 0 radical (unpaired) electrons. The second-order valence-electron chi connectivity index (χ2n) is 9.64. The maximum atomic E-state index is 12.8. The molecule has 0 fully saturated rings. The van der Waals surface area contributed by atoms with E-state index in [0.29, 0.717) is 53.6 Å². The fourth-order valence-electron chi connectivity index (χ4n) is 3.41. The molecule has 10 nitrogen and oxygen atoms in total. The highest BCUT2D eigenvalue weighted by Gasteiger charge is 2.15. The molecule has 0 heterocycles. The van der Waals surface area contributed by atoms with Gasteiger partial charge >= 0.3 is 0 Å². The van der Waals surface area contributed by atoms with Gasteiger partial charge in [0.1, 0.15) is 11.6 Å². The normalized spacial score (nSPS) is 11.9. The lowest BCUT2D eigenvalue weighted by atomic mass is 10.1. The summed E-state index contributed by atoms with van der Waals surface area (Å²) < 4.78 is 5.88. The number of anilines is 1. The largest absolute Gasteiger partial charge is 0.493 e. The molecule has 0 saturated heterocycles. The van der Waals surface area contributed by atoms with Crippen LogP contribution in [-0.2, 0) is 16.1 Å². The minimum absolute atomic E-state index is 0.00868. The Labute approximate surface area is 224 Å². The number of carbonyl (C=O) groups is 2. The van der Waals surface area contributed by atoms with Crippen molar-refractivity contribution in [3.8, 4) is 5.75 Å². The quantitative estimate of drug-likeness (QED) is 0.117. The highest BCUT2D eigenvalue weighted by Crippen LogP contribution is 2.26. The Morgan fingerprint density at radius 3 is 2.39 bits per heavy atom. The summed E-state index contributed by atoms with van der Waals surface area (Å²) in [6, 6.07) is 12.4. The molecule has 2 rings (SSSR count). The molecular formula is C28H39N7O3. The molecule has 2 aromatic carbocycles. The lowest BCUT2D eigenvalue weighted by molar-refractivity contribution is -0.121. The van der Waals surface area contributed by atoms with Crippen LogP contribution in [0.1, 0.15) is 44.4 Å². The molecule has 38 heavy (non-hydrogen) atoms. The number of likely N-dealkylation sites (N-methyl/N-ethyl adjacent to an activating group) is 1. The molecular weight excluding hydrogens is 482 g/mol. The van der Waals surface area contributed by atoms with E-state index in [0.717, 1.165) is 5.56 Å². The summed E-state index contributed by atoms with van der Waals surface area (Å²) in [6.07, 6.45) is 2.28. The Hall–Kier alpha value is -4.34. The van der Waals surface area contributed by atoms with Crippen molar-refractivity contribution in [3.05, 3.63) is 65.4 Å². The van der Waals surface area contributed by atoms with Crippen molar-refractivity contribution >= 4 is 35.2 Å². The maximum absolute atomic E-state index is 12.8. The highest BCUT2D eigenvalue weighted by atomic mass is 16.5. The predicted molar refractivity (Wildman–Crippen MR) is 153 cm³/mol. The summed E-state index contributed by atoms with van der Waals surface area (Å²) in [6.45, 7) is 8.75. The molecule has 0 atom stereocenters. The van der Waals surface area contributed by atoms with Gasteiger partial charge in [-0.25, -0.2) is 0 Å². The van der Waals surface area contributed by atoms with Gasteiger partial charge in [-0.15, -0.1) is 0 Å². The number of amidine groups is 2. The van der Waals surface area contributed by atoms with E-state index in [1.165, 1.54) is 0 Å². The molecule has 0 spiro atoms. The summed E-state index contributed by atoms with van der Waals surface area (Å²) in [5, 5.41) is 13.3. The van der Waals surface area contributed by atoms with Crippen molar-refractivity contribution < 1.29 is 14.3 Å². The number of ether oxygens (including phenoxy) is 1. The van der Waals surface area contributed by atoms with Crippen LogP contribution in [-0.4, -0.2) is 55.0 Å². The number of hydrogen-bond donors (Lipinski definition) is 5. The number of nitrogens with one attached hydrogen (secondary N) is 3. The van der Waals surface area contributed by atoms with E-state index in [4.69, 9.17) is 21.6 Å². The SMILES string of the molecule is CC(C)COc1cc(N)cc(/C(=C/NC(C=O)=NC(C)C)N(C)CC(=O)NCc2ccc(C(=N)N)cc2)c1. The van der Waals surface area contributed by atoms with Gasteiger partial charge in [0, 0.05) is 48.7 Å². The summed E-state index contributed by atoms with van der Waals surface area (Å²) in [7, 11) is 1.77. The third-order valence-corrected chi connectivity index (χ3v) is 5.22. The second kappa shape index (κ2) is 14.4. The zero-order valence-corrected chi connectivity index (χ0v) is 22.7. The predicted octanol–water partition coefficient (Wildman–Crippen LogP) is 2.73. The summed E-state index contributed by atoms with van der Waals surface area (Å²) in [5.41, 5.74) is 15.0. The Bertz CT molecular complexity index is 1170. The second-order valence-corrected chi connectivity index (χ2v) is 9.64. The average molecular weight is 522 g/mol. The Morgan fingerprint density at radius 2 is 1.82 bits per heavy atom. The lowest BCUT2D eigenvalue weighted by Crippen LogP contribution is -2.35. The Kier molecular flexibility index (Phi) is 11.3. The van der Waals surface area contributed by atoms with Gasteiger partial charge in [-0.1, -0.05) is 38.1 Å². The Morgan fingerprint density at radius 1 is 1.13 bits per heavy atom. The highest BCUT2D eigenvalue weighted by molar-refractivity contribution is 6.27. The van der Waals surface area contributed by atoms with Gasteiger partial charge in [0.25, 0.3) is 0 Å². The zero-order valence-electron chi connectivity index (χ0n) is 22.7. The molecule has 0 saturated carbocycles. The molecule has 10 heteroatoms. The van der Waals surface area contributed by atoms with Crippen molar-refractivity contribution in [3.63, 3.8) is 0 Å². The summed E-state index contributed by atoms with van der Waals surface area (Å²) in [5.74, 6) is 0.901. The number of rotatable bonds is 13. The number of carbonyl (C=O) groups excluding carboxylic acids is 2. The van der Waals surface area contributed by atoms with Gasteiger partial charge in [0.2, 0.25) is 5.91 Å². The van der Waals surface area contributed by atoms with Gasteiger partial charge in [-0.3, -0.25) is 20.0 Å². The van der Waals surface area contributed by atoms with Gasteiger partial charge in [-0.05, 0) is 37.5 Å². The molecule has 7 N–H and O–H groups in total. The van der Waals surface area contributed by atoms with Crippen LogP contribution in [0, 0.1) is 11.3 Å². The zero-order chi connectivity index (χ0) is 28.2. The lowest BCUT2D eigenvalue weighted by Gasteiger charge is -2.24. The standard InChI is InChI=1S/C28H39N7O3/c1-18(2)17-38-24-11-22(10-23(29)12-24)25(14-32-26(16-36)34-19(3)4)35(5)15-27(37)33-13-20-6-8-21(9-7-20)28(30)31/h6-12,14,16,18-19H,13,15,17,29H2,1-5H3,(H3,30,31)(H,32,34)(H,33,37)/b25-14-. The molecule has 0 aliphatic heterocycles. The van der Waals surface area contributed by atoms with E-state index in [1.807, 2.05) is 32.0 Å². The molecule has 0 unspecified atom stereocenters. The minimum atomic E-state index is -0.208. The van der Waals surface area contributed by atoms with E-state index < -0.39 is 0 Å². The maximum Gasteiger partial charge on any atom is 0.239 e. The van der Waals surface area contributed by atoms with Gasteiger partial charge in [-0.2, -0.15) is 0 Å². The minimum Gasteiger partial charge on any atom is -0.493 e. The number of aldehydes is 1. The summed E-state index contributed by atoms with van der Waals surface area (Å²) >= 11 is 0. The first kappa shape index (κ1) is 29.9. The van der Waals surface area contributed by atoms with Crippen molar-refractivity contribution in [2.75, 3.05) is 25.9 Å². The number of benzene rings is 2. The molecule has 0 aliphatic carbocycles. The number of hydrogen-bond acceptors (Lipinski definition) is 7. The van der Waals surface area contributed by atoms with Crippen LogP contribution in [0.25, 0.3) is 5.70 Å². The molecule has 0 aliphatic rings. The van der Waals surface area contributed by atoms with Crippen LogP contribution in [0.2, 0.25) is 0 Å². The van der Waals surface area contributed by atoms with Crippen molar-refractivity contribution in [1.82, 2.24) is 15.5 Å². The number of nitrogen functional groups attached to an aromatic ring is 2. The van der Waals surface area contributed by atoms with Crippen LogP contribution >= 0.6 is 0 Å². The van der Waals surface area contributed by atoms with Gasteiger partial charge < -0.3 is 31.7 Å². The average Bonchev–Trinajstić information content (AvgIpc) is 2.85. The van der Waals surface area contributed by atoms with Gasteiger partial charge in [0.05, 0.1) is 18.8 Å². The fraction of sp³-hybridized carbons (Fsp3) is 0.357. The first-order valence-corrected chi connectivity index (χ1v) is 12.4. The van der Waals surface area contributed by atoms with Crippen LogP contribution in [0.3, 0.4) is 0 Å². The van der Waals surface area contributed by atoms with E-state index in [1.54, 1.807) is 42.4 Å². The van der Waals surface area contributed by atoms with E-state index in [9.17, 15) is 9.59 Å². The topological polar surface area (TPSA) is 159 Å². The van der Waals surface area contributed by atoms with Crippen LogP contribution < -0.4 is 26.8 Å². The number of amides is 1. The number of nitrogens with two attached hydrogens (primary N) is 2. The Balaban J connectivity index is 2.25. The molecule has 2 aromatic rings. The third-order valence-electron chi connectivity index (χ3n) is 5.22. The third kappa shape index (κ3) is 9.96. The summed E-state index contributed by atoms with van der Waals surface area (Å²) in [4.78, 5) is 30.3. The van der Waals surface area contributed by atoms with Crippen LogP contribution in [0.15, 0.2) is 53.7 Å². The number of nitrogens with zero attached hydrogens (tertiary/aromatic N) is 2. The van der Waals surface area contributed by atoms with Crippen LogP contribution in [0.4, 0.5) is 5.69 Å². The van der Waals surface area contributed by atoms with Crippen molar-refractivity contribution in [2.45, 2.75) is 40.3 Å². The monoisotopic (exact) mass is 521 g/mol. The number of aliphatic imine (C=N–C) groups is 1. The van der Waals surface area contributed by atoms with E-state index in [-0.39, 0.29) is 30.2 Å². The molecule has 204 valence electrons. The van der Waals surface area contributed by atoms with Gasteiger partial charge in [0.15, 0.2) is 12.1 Å². The smallest absolute Gasteiger partial charge is 0.239 e. The van der Waals surface area contributed by atoms with E-state index in [2.05, 4.69) is 29.5 Å².